The van der Waals surface area contributed by atoms with E-state index < -0.39 is 0 Å². The number of methoxy groups -OCH3 is 1. The van der Waals surface area contributed by atoms with Crippen LogP contribution in [0.3, 0.4) is 0 Å². The molecule has 2 unspecified atom stereocenters. The number of rotatable bonds is 1. The van der Waals surface area contributed by atoms with Gasteiger partial charge < -0.3 is 9.47 Å². The molecule has 0 N–H and O–H groups in total. The van der Waals surface area contributed by atoms with Gasteiger partial charge in [-0.25, -0.2) is 0 Å². The lowest BCUT2D eigenvalue weighted by molar-refractivity contribution is 0.195. The van der Waals surface area contributed by atoms with Crippen molar-refractivity contribution in [2.75, 3.05) is 7.11 Å². The van der Waals surface area contributed by atoms with E-state index in [-0.39, 0.29) is 6.10 Å². The van der Waals surface area contributed by atoms with Crippen molar-refractivity contribution in [3.05, 3.63) is 59.2 Å². The van der Waals surface area contributed by atoms with Crippen molar-refractivity contribution in [2.45, 2.75) is 24.9 Å². The Morgan fingerprint density at radius 1 is 1.11 bits per heavy atom. The summed E-state index contributed by atoms with van der Waals surface area (Å²) in [6.45, 7) is 0. The van der Waals surface area contributed by atoms with E-state index in [0.717, 1.165) is 24.3 Å². The zero-order valence-corrected chi connectivity index (χ0v) is 10.9. The lowest BCUT2D eigenvalue weighted by Crippen LogP contribution is -2.18. The molecule has 0 spiro atoms. The molecule has 0 amide bonds. The van der Waals surface area contributed by atoms with Gasteiger partial charge in [-0.15, -0.1) is 0 Å². The molecule has 2 nitrogen and oxygen atoms in total. The number of benzene rings is 2. The largest absolute Gasteiger partial charge is 0.497 e. The average molecular weight is 252 g/mol. The minimum absolute atomic E-state index is 0.187. The van der Waals surface area contributed by atoms with E-state index >= 15 is 0 Å². The van der Waals surface area contributed by atoms with Gasteiger partial charge >= 0.3 is 0 Å². The topological polar surface area (TPSA) is 18.5 Å². The Morgan fingerprint density at radius 2 is 2.00 bits per heavy atom. The monoisotopic (exact) mass is 252 g/mol. The van der Waals surface area contributed by atoms with Gasteiger partial charge in [-0.2, -0.15) is 0 Å². The summed E-state index contributed by atoms with van der Waals surface area (Å²) >= 11 is 0. The second-order valence-electron chi connectivity index (χ2n) is 5.29. The molecule has 96 valence electrons. The predicted molar refractivity (Wildman–Crippen MR) is 73.9 cm³/mol. The summed E-state index contributed by atoms with van der Waals surface area (Å²) in [5.74, 6) is 2.41. The molecule has 0 fully saturated rings. The number of hydrogen-bond acceptors (Lipinski definition) is 2. The van der Waals surface area contributed by atoms with Crippen LogP contribution in [0.15, 0.2) is 42.5 Å². The molecule has 2 atom stereocenters. The molecule has 4 rings (SSSR count). The van der Waals surface area contributed by atoms with E-state index in [1.165, 1.54) is 16.7 Å². The molecule has 2 aliphatic rings. The van der Waals surface area contributed by atoms with Crippen LogP contribution in [0.5, 0.6) is 11.5 Å². The van der Waals surface area contributed by atoms with Gasteiger partial charge in [0.2, 0.25) is 0 Å². The molecular weight excluding hydrogens is 236 g/mol. The molecule has 2 aromatic carbocycles. The van der Waals surface area contributed by atoms with Gasteiger partial charge in [0.05, 0.1) is 7.11 Å². The van der Waals surface area contributed by atoms with Gasteiger partial charge in [0, 0.05) is 11.5 Å². The molecule has 2 aromatic rings. The molecule has 0 radical (unpaired) electrons. The lowest BCUT2D eigenvalue weighted by atomic mass is 9.79. The molecule has 0 aromatic heterocycles. The SMILES string of the molecule is COc1ccc2c(c1)C1CCc3ccccc3C1O2. The predicted octanol–water partition coefficient (Wildman–Crippen LogP) is 3.86. The molecule has 19 heavy (non-hydrogen) atoms. The highest BCUT2D eigenvalue weighted by Gasteiger charge is 2.39. The molecule has 1 aliphatic heterocycles. The zero-order chi connectivity index (χ0) is 12.8. The molecule has 1 aliphatic carbocycles. The summed E-state index contributed by atoms with van der Waals surface area (Å²) in [7, 11) is 1.71. The van der Waals surface area contributed by atoms with Gasteiger partial charge in [-0.3, -0.25) is 0 Å². The molecule has 2 heteroatoms. The van der Waals surface area contributed by atoms with Gasteiger partial charge in [0.15, 0.2) is 0 Å². The van der Waals surface area contributed by atoms with E-state index in [9.17, 15) is 0 Å². The first-order valence-corrected chi connectivity index (χ1v) is 6.79. The third-order valence-electron chi connectivity index (χ3n) is 4.32. The fourth-order valence-corrected chi connectivity index (χ4v) is 3.37. The van der Waals surface area contributed by atoms with Gasteiger partial charge in [-0.05, 0) is 42.2 Å². The van der Waals surface area contributed by atoms with Crippen LogP contribution in [-0.2, 0) is 6.42 Å². The fraction of sp³-hybridized carbons (Fsp3) is 0.294. The fourth-order valence-electron chi connectivity index (χ4n) is 3.37. The first-order chi connectivity index (χ1) is 9.36. The Labute approximate surface area is 113 Å². The Balaban J connectivity index is 1.80. The molecular formula is C17H16O2. The minimum Gasteiger partial charge on any atom is -0.497 e. The van der Waals surface area contributed by atoms with Crippen molar-refractivity contribution >= 4 is 0 Å². The van der Waals surface area contributed by atoms with Crippen molar-refractivity contribution in [3.63, 3.8) is 0 Å². The van der Waals surface area contributed by atoms with E-state index in [0.29, 0.717) is 5.92 Å². The van der Waals surface area contributed by atoms with Crippen LogP contribution < -0.4 is 9.47 Å². The first kappa shape index (κ1) is 10.9. The molecule has 0 saturated heterocycles. The van der Waals surface area contributed by atoms with Gasteiger partial charge in [0.1, 0.15) is 17.6 Å². The highest BCUT2D eigenvalue weighted by Crippen LogP contribution is 2.52. The van der Waals surface area contributed by atoms with Crippen LogP contribution in [0.2, 0.25) is 0 Å². The van der Waals surface area contributed by atoms with Crippen LogP contribution in [0.25, 0.3) is 0 Å². The van der Waals surface area contributed by atoms with Crippen molar-refractivity contribution in [3.8, 4) is 11.5 Å². The summed E-state index contributed by atoms with van der Waals surface area (Å²) in [6.07, 6.45) is 2.48. The van der Waals surface area contributed by atoms with Gasteiger partial charge in [0.25, 0.3) is 0 Å². The normalized spacial score (nSPS) is 23.0. The average Bonchev–Trinajstić information content (AvgIpc) is 2.85. The van der Waals surface area contributed by atoms with Gasteiger partial charge in [-0.1, -0.05) is 24.3 Å². The van der Waals surface area contributed by atoms with Crippen LogP contribution in [0, 0.1) is 0 Å². The van der Waals surface area contributed by atoms with Crippen molar-refractivity contribution in [1.29, 1.82) is 0 Å². The highest BCUT2D eigenvalue weighted by molar-refractivity contribution is 5.49. The zero-order valence-electron chi connectivity index (χ0n) is 10.9. The number of fused-ring (bicyclic) bond motifs is 5. The maximum Gasteiger partial charge on any atom is 0.131 e. The molecule has 0 bridgehead atoms. The molecule has 1 heterocycles. The first-order valence-electron chi connectivity index (χ1n) is 6.79. The van der Waals surface area contributed by atoms with E-state index in [4.69, 9.17) is 9.47 Å². The van der Waals surface area contributed by atoms with E-state index in [1.807, 2.05) is 12.1 Å². The quantitative estimate of drug-likeness (QED) is 0.767. The standard InChI is InChI=1S/C17H16O2/c1-18-12-7-9-16-15(10-12)14-8-6-11-4-2-3-5-13(11)17(14)19-16/h2-5,7,9-10,14,17H,6,8H2,1H3. The summed E-state index contributed by atoms with van der Waals surface area (Å²) in [5.41, 5.74) is 4.09. The number of aryl methyl sites for hydroxylation is 1. The summed E-state index contributed by atoms with van der Waals surface area (Å²) in [4.78, 5) is 0. The summed E-state index contributed by atoms with van der Waals surface area (Å²) < 4.78 is 11.5. The number of hydrogen-bond donors (Lipinski definition) is 0. The summed E-state index contributed by atoms with van der Waals surface area (Å²) in [6, 6.07) is 14.8. The highest BCUT2D eigenvalue weighted by atomic mass is 16.5. The van der Waals surface area contributed by atoms with Crippen LogP contribution in [0.4, 0.5) is 0 Å². The second-order valence-corrected chi connectivity index (χ2v) is 5.29. The Kier molecular flexibility index (Phi) is 2.31. The maximum absolute atomic E-state index is 6.18. The van der Waals surface area contributed by atoms with Crippen molar-refractivity contribution in [1.82, 2.24) is 0 Å². The maximum atomic E-state index is 6.18. The second kappa shape index (κ2) is 4.02. The van der Waals surface area contributed by atoms with Crippen LogP contribution in [0.1, 0.15) is 35.1 Å². The van der Waals surface area contributed by atoms with E-state index in [2.05, 4.69) is 30.3 Å². The van der Waals surface area contributed by atoms with Crippen LogP contribution >= 0.6 is 0 Å². The smallest absolute Gasteiger partial charge is 0.131 e. The Bertz CT molecular complexity index is 633. The Hall–Kier alpha value is -1.96. The number of ether oxygens (including phenoxy) is 2. The minimum atomic E-state index is 0.187. The summed E-state index contributed by atoms with van der Waals surface area (Å²) in [5, 5.41) is 0. The van der Waals surface area contributed by atoms with Crippen molar-refractivity contribution < 1.29 is 9.47 Å². The van der Waals surface area contributed by atoms with E-state index in [1.54, 1.807) is 7.11 Å². The third kappa shape index (κ3) is 1.56. The van der Waals surface area contributed by atoms with Crippen molar-refractivity contribution in [2.24, 2.45) is 0 Å². The molecule has 0 saturated carbocycles. The van der Waals surface area contributed by atoms with Crippen LogP contribution in [-0.4, -0.2) is 7.11 Å². The lowest BCUT2D eigenvalue weighted by Gasteiger charge is -2.27. The third-order valence-corrected chi connectivity index (χ3v) is 4.32. The Morgan fingerprint density at radius 3 is 2.89 bits per heavy atom.